The molecule has 6 aromatic carbocycles. The molecule has 2 aromatic heterocycles. The Morgan fingerprint density at radius 2 is 1.01 bits per heavy atom. The fraction of sp³-hybridized carbons (Fsp3) is 0.350. The van der Waals surface area contributed by atoms with Crippen LogP contribution in [-0.4, -0.2) is 94.9 Å². The topological polar surface area (TPSA) is 64.6 Å². The molecule has 4 heterocycles. The molecule has 2 fully saturated rings. The molecule has 8 aromatic rings. The molecule has 67 heavy (non-hydrogen) atoms. The van der Waals surface area contributed by atoms with Crippen LogP contribution in [0, 0.1) is 0 Å². The Morgan fingerprint density at radius 3 is 1.54 bits per heavy atom. The summed E-state index contributed by atoms with van der Waals surface area (Å²) < 4.78 is 0. The number of nitrogens with one attached hydrogen (secondary N) is 1. The van der Waals surface area contributed by atoms with Crippen LogP contribution in [0.25, 0.3) is 65.9 Å². The van der Waals surface area contributed by atoms with E-state index in [1.54, 1.807) is 6.92 Å². The number of nitrogens with zero attached hydrogens (tertiary/aromatic N) is 5. The Kier molecular flexibility index (Phi) is 16.2. The smallest absolute Gasteiger partial charge is 0.160 e. The Labute approximate surface area is 399 Å². The second-order valence-electron chi connectivity index (χ2n) is 18.2. The molecule has 0 spiro atoms. The van der Waals surface area contributed by atoms with Crippen molar-refractivity contribution in [3.8, 4) is 22.5 Å². The van der Waals surface area contributed by atoms with Crippen molar-refractivity contribution in [3.05, 3.63) is 157 Å². The number of pyridine rings is 2. The quantitative estimate of drug-likeness (QED) is 0.130. The zero-order chi connectivity index (χ0) is 46.7. The number of likely N-dealkylation sites (tertiary alicyclic amines) is 1. The monoisotopic (exact) mass is 891 g/mol. The van der Waals surface area contributed by atoms with E-state index in [1.165, 1.54) is 89.9 Å². The summed E-state index contributed by atoms with van der Waals surface area (Å²) in [6.45, 7) is 22.5. The zero-order valence-electron chi connectivity index (χ0n) is 40.7. The molecule has 10 rings (SSSR count). The first-order chi connectivity index (χ1) is 32.8. The van der Waals surface area contributed by atoms with Crippen LogP contribution in [0.5, 0.6) is 0 Å². The lowest BCUT2D eigenvalue weighted by atomic mass is 9.95. The number of carbonyl (C=O) groups is 1. The minimum Gasteiger partial charge on any atom is -0.317 e. The van der Waals surface area contributed by atoms with Gasteiger partial charge in [-0.25, -0.2) is 9.97 Å². The number of hydrogen-bond donors (Lipinski definition) is 1. The van der Waals surface area contributed by atoms with Crippen molar-refractivity contribution in [2.45, 2.75) is 85.4 Å². The molecule has 0 amide bonds. The first-order valence-electron chi connectivity index (χ1n) is 25.0. The van der Waals surface area contributed by atoms with E-state index >= 15 is 0 Å². The summed E-state index contributed by atoms with van der Waals surface area (Å²) in [7, 11) is 0. The van der Waals surface area contributed by atoms with Gasteiger partial charge in [0.25, 0.3) is 0 Å². The first kappa shape index (κ1) is 47.7. The normalized spacial score (nSPS) is 15.4. The molecule has 1 atom stereocenters. The molecule has 0 radical (unpaired) electrons. The predicted octanol–water partition coefficient (Wildman–Crippen LogP) is 13.3. The van der Waals surface area contributed by atoms with E-state index in [0.29, 0.717) is 6.04 Å². The van der Waals surface area contributed by atoms with Gasteiger partial charge in [0.05, 0.1) is 22.4 Å². The minimum absolute atomic E-state index is 0.0608. The Morgan fingerprint density at radius 1 is 0.567 bits per heavy atom. The minimum atomic E-state index is 0.0608. The molecule has 0 aliphatic carbocycles. The van der Waals surface area contributed by atoms with Crippen molar-refractivity contribution in [2.75, 3.05) is 52.4 Å². The van der Waals surface area contributed by atoms with Crippen LogP contribution in [0.15, 0.2) is 146 Å². The maximum absolute atomic E-state index is 12.0. The lowest BCUT2D eigenvalue weighted by molar-refractivity contribution is 0.0943. The van der Waals surface area contributed by atoms with Gasteiger partial charge in [-0.2, -0.15) is 0 Å². The van der Waals surface area contributed by atoms with E-state index in [0.717, 1.165) is 77.2 Å². The van der Waals surface area contributed by atoms with Crippen LogP contribution in [0.1, 0.15) is 89.2 Å². The summed E-state index contributed by atoms with van der Waals surface area (Å²) in [6, 6.07) is 52.4. The van der Waals surface area contributed by atoms with E-state index in [4.69, 9.17) is 9.97 Å². The molecule has 7 nitrogen and oxygen atoms in total. The van der Waals surface area contributed by atoms with Crippen molar-refractivity contribution in [1.82, 2.24) is 30.0 Å². The molecule has 0 saturated carbocycles. The van der Waals surface area contributed by atoms with Gasteiger partial charge in [0.1, 0.15) is 0 Å². The predicted molar refractivity (Wildman–Crippen MR) is 284 cm³/mol. The van der Waals surface area contributed by atoms with Gasteiger partial charge in [0.2, 0.25) is 0 Å². The number of Topliss-reactive ketones (excluding diaryl/α,β-unsaturated/α-hetero) is 1. The fourth-order valence-corrected chi connectivity index (χ4v) is 10.5. The summed E-state index contributed by atoms with van der Waals surface area (Å²) in [5.74, 6) is 0.0608. The highest BCUT2D eigenvalue weighted by Gasteiger charge is 2.27. The number of para-hydroxylation sites is 2. The van der Waals surface area contributed by atoms with Crippen LogP contribution >= 0.6 is 0 Å². The largest absolute Gasteiger partial charge is 0.317 e. The molecule has 0 bridgehead atoms. The van der Waals surface area contributed by atoms with E-state index in [-0.39, 0.29) is 5.78 Å². The maximum atomic E-state index is 12.0. The molecule has 346 valence electrons. The SMILES string of the molecule is CC(=O)c1cc(-c2ccc3ccccc3c2)nc2ccccc12.CCN(CC)C1CCN(C(C)c2cc(-c3ccc4ccccc4c3)nc3ccccc23)CC1.CCN(CC)C1CCNCC1. The average molecular weight is 891 g/mol. The third kappa shape index (κ3) is 11.3. The highest BCUT2D eigenvalue weighted by atomic mass is 16.1. The number of carbonyl (C=O) groups excluding carboxylic acids is 1. The van der Waals surface area contributed by atoms with Crippen molar-refractivity contribution in [1.29, 1.82) is 0 Å². The van der Waals surface area contributed by atoms with E-state index < -0.39 is 0 Å². The number of rotatable bonds is 11. The van der Waals surface area contributed by atoms with Gasteiger partial charge in [0.15, 0.2) is 5.78 Å². The van der Waals surface area contributed by atoms with E-state index in [2.05, 4.69) is 158 Å². The van der Waals surface area contributed by atoms with Crippen LogP contribution in [0.2, 0.25) is 0 Å². The lowest BCUT2D eigenvalue weighted by Gasteiger charge is -2.40. The van der Waals surface area contributed by atoms with Crippen LogP contribution in [0.3, 0.4) is 0 Å². The number of aromatic nitrogens is 2. The zero-order valence-corrected chi connectivity index (χ0v) is 40.7. The number of benzene rings is 6. The van der Waals surface area contributed by atoms with Crippen LogP contribution < -0.4 is 5.32 Å². The molecule has 2 saturated heterocycles. The molecule has 2 aliphatic rings. The van der Waals surface area contributed by atoms with Crippen molar-refractivity contribution in [3.63, 3.8) is 0 Å². The highest BCUT2D eigenvalue weighted by molar-refractivity contribution is 6.07. The Balaban J connectivity index is 0.000000154. The van der Waals surface area contributed by atoms with Gasteiger partial charge in [-0.1, -0.05) is 137 Å². The van der Waals surface area contributed by atoms with Crippen LogP contribution in [-0.2, 0) is 0 Å². The molecule has 2 aliphatic heterocycles. The van der Waals surface area contributed by atoms with Gasteiger partial charge in [-0.05, 0) is 142 Å². The molecule has 7 heteroatoms. The second-order valence-corrected chi connectivity index (χ2v) is 18.2. The number of ketones is 1. The van der Waals surface area contributed by atoms with Gasteiger partial charge in [-0.3, -0.25) is 9.69 Å². The van der Waals surface area contributed by atoms with Gasteiger partial charge in [0, 0.05) is 58.7 Å². The summed E-state index contributed by atoms with van der Waals surface area (Å²) in [4.78, 5) is 29.7. The van der Waals surface area contributed by atoms with Gasteiger partial charge >= 0.3 is 0 Å². The summed E-state index contributed by atoms with van der Waals surface area (Å²) in [5.41, 5.74) is 8.17. The van der Waals surface area contributed by atoms with Crippen molar-refractivity contribution >= 4 is 49.1 Å². The van der Waals surface area contributed by atoms with Crippen LogP contribution in [0.4, 0.5) is 0 Å². The summed E-state index contributed by atoms with van der Waals surface area (Å²) in [6.07, 6.45) is 5.18. The van der Waals surface area contributed by atoms with Crippen molar-refractivity contribution in [2.24, 2.45) is 0 Å². The standard InChI is InChI=1S/C30H35N3.C21H15NO.C9H20N2/c1-4-32(5-2)26-16-18-33(19-17-26)22(3)28-21-30(31-29-13-9-8-12-27(28)29)25-15-14-23-10-6-7-11-24(23)20-25;1-14(23)19-13-21(22-20-9-5-4-8-18(19)20)17-11-10-15-6-2-3-7-16(15)12-17;1-3-11(4-2)9-5-7-10-8-6-9/h6-15,20-22,26H,4-5,16-19H2,1-3H3;2-13H,1H3;9-10H,3-8H2,1-2H3. The van der Waals surface area contributed by atoms with E-state index in [9.17, 15) is 4.79 Å². The van der Waals surface area contributed by atoms with Gasteiger partial charge in [-0.15, -0.1) is 0 Å². The Hall–Kier alpha value is -5.83. The van der Waals surface area contributed by atoms with Crippen molar-refractivity contribution < 1.29 is 4.79 Å². The van der Waals surface area contributed by atoms with E-state index in [1.807, 2.05) is 42.5 Å². The number of hydrogen-bond acceptors (Lipinski definition) is 7. The third-order valence-corrected chi connectivity index (χ3v) is 14.4. The first-order valence-corrected chi connectivity index (χ1v) is 25.0. The highest BCUT2D eigenvalue weighted by Crippen LogP contribution is 2.34. The summed E-state index contributed by atoms with van der Waals surface area (Å²) >= 11 is 0. The van der Waals surface area contributed by atoms with Gasteiger partial charge < -0.3 is 15.1 Å². The second kappa shape index (κ2) is 22.8. The number of piperidine rings is 2. The molecular weight excluding hydrogens is 821 g/mol. The fourth-order valence-electron chi connectivity index (χ4n) is 10.5. The Bertz CT molecular complexity index is 2890. The molecule has 1 unspecified atom stereocenters. The third-order valence-electron chi connectivity index (χ3n) is 14.4. The number of fused-ring (bicyclic) bond motifs is 4. The average Bonchev–Trinajstić information content (AvgIpc) is 3.39. The maximum Gasteiger partial charge on any atom is 0.160 e. The molecular formula is C60H70N6O. The lowest BCUT2D eigenvalue weighted by Crippen LogP contribution is -2.45. The molecule has 1 N–H and O–H groups in total. The summed E-state index contributed by atoms with van der Waals surface area (Å²) in [5, 5.41) is 10.5.